The molecular formula is C21H30N6O2. The zero-order valence-corrected chi connectivity index (χ0v) is 17.5. The van der Waals surface area contributed by atoms with E-state index >= 15 is 0 Å². The average Bonchev–Trinajstić information content (AvgIpc) is 3.41. The van der Waals surface area contributed by atoms with E-state index in [0.29, 0.717) is 24.9 Å². The van der Waals surface area contributed by atoms with Crippen LogP contribution in [0.1, 0.15) is 44.0 Å². The number of pyridine rings is 1. The lowest BCUT2D eigenvalue weighted by Crippen LogP contribution is -2.49. The quantitative estimate of drug-likeness (QED) is 0.729. The van der Waals surface area contributed by atoms with Gasteiger partial charge in [0.1, 0.15) is 12.2 Å². The standard InChI is InChI=1S/C21H30N6O2/c1-4-21(20(28)23-10-8-18-24-14-25-26(18)2)12-16-5-6-17(21)27(16)13-15-7-9-22-19(11-15)29-3/h7,9,11,14,16-17H,4-6,8,10,12-13H2,1-3H3,(H,23,28)/t16-,17+,21+/m0/s1. The van der Waals surface area contributed by atoms with E-state index in [1.165, 1.54) is 12.0 Å². The second kappa shape index (κ2) is 8.10. The molecule has 0 saturated carbocycles. The first-order chi connectivity index (χ1) is 14.1. The van der Waals surface area contributed by atoms with Gasteiger partial charge < -0.3 is 10.1 Å². The van der Waals surface area contributed by atoms with Crippen molar-refractivity contribution in [1.29, 1.82) is 0 Å². The van der Waals surface area contributed by atoms with Crippen molar-refractivity contribution in [2.24, 2.45) is 12.5 Å². The Labute approximate surface area is 171 Å². The monoisotopic (exact) mass is 398 g/mol. The lowest BCUT2D eigenvalue weighted by atomic mass is 9.71. The highest BCUT2D eigenvalue weighted by Gasteiger charge is 2.58. The highest BCUT2D eigenvalue weighted by molar-refractivity contribution is 5.84. The molecule has 2 bridgehead atoms. The smallest absolute Gasteiger partial charge is 0.227 e. The largest absolute Gasteiger partial charge is 0.481 e. The molecule has 3 atom stereocenters. The summed E-state index contributed by atoms with van der Waals surface area (Å²) in [6.45, 7) is 3.57. The van der Waals surface area contributed by atoms with Crippen molar-refractivity contribution < 1.29 is 9.53 Å². The van der Waals surface area contributed by atoms with Crippen molar-refractivity contribution in [1.82, 2.24) is 30.0 Å². The molecule has 0 aromatic carbocycles. The lowest BCUT2D eigenvalue weighted by Gasteiger charge is -2.35. The van der Waals surface area contributed by atoms with Gasteiger partial charge in [-0.25, -0.2) is 9.97 Å². The summed E-state index contributed by atoms with van der Waals surface area (Å²) in [7, 11) is 3.51. The van der Waals surface area contributed by atoms with Crippen LogP contribution in [-0.2, 0) is 24.8 Å². The van der Waals surface area contributed by atoms with E-state index in [1.807, 2.05) is 19.2 Å². The summed E-state index contributed by atoms with van der Waals surface area (Å²) in [6, 6.07) is 4.77. The maximum absolute atomic E-state index is 13.3. The second-order valence-electron chi connectivity index (χ2n) is 8.15. The van der Waals surface area contributed by atoms with Crippen LogP contribution in [0.15, 0.2) is 24.7 Å². The molecule has 4 rings (SSSR count). The molecule has 1 amide bonds. The highest BCUT2D eigenvalue weighted by atomic mass is 16.5. The molecule has 0 unspecified atom stereocenters. The number of nitrogens with one attached hydrogen (secondary N) is 1. The first-order valence-corrected chi connectivity index (χ1v) is 10.4. The van der Waals surface area contributed by atoms with Crippen molar-refractivity contribution >= 4 is 5.91 Å². The van der Waals surface area contributed by atoms with Crippen molar-refractivity contribution in [3.05, 3.63) is 36.0 Å². The normalized spacial score (nSPS) is 26.0. The minimum atomic E-state index is -0.306. The third-order valence-electron chi connectivity index (χ3n) is 6.78. The van der Waals surface area contributed by atoms with Gasteiger partial charge in [0.2, 0.25) is 11.8 Å². The van der Waals surface area contributed by atoms with Gasteiger partial charge in [0, 0.05) is 50.9 Å². The number of ether oxygens (including phenoxy) is 1. The molecule has 1 N–H and O–H groups in total. The summed E-state index contributed by atoms with van der Waals surface area (Å²) in [4.78, 5) is 24.3. The number of fused-ring (bicyclic) bond motifs is 2. The predicted molar refractivity (Wildman–Crippen MR) is 108 cm³/mol. The van der Waals surface area contributed by atoms with Gasteiger partial charge >= 0.3 is 0 Å². The van der Waals surface area contributed by atoms with Gasteiger partial charge in [-0.2, -0.15) is 5.10 Å². The van der Waals surface area contributed by atoms with E-state index in [-0.39, 0.29) is 17.4 Å². The van der Waals surface area contributed by atoms with E-state index in [9.17, 15) is 4.79 Å². The van der Waals surface area contributed by atoms with Gasteiger partial charge in [0.15, 0.2) is 0 Å². The summed E-state index contributed by atoms with van der Waals surface area (Å²) >= 11 is 0. The van der Waals surface area contributed by atoms with Gasteiger partial charge in [0.25, 0.3) is 0 Å². The molecule has 156 valence electrons. The Balaban J connectivity index is 1.43. The van der Waals surface area contributed by atoms with Crippen molar-refractivity contribution in [2.75, 3.05) is 13.7 Å². The fourth-order valence-corrected chi connectivity index (χ4v) is 5.21. The van der Waals surface area contributed by atoms with Crippen LogP contribution in [0.5, 0.6) is 5.88 Å². The van der Waals surface area contributed by atoms with Crippen LogP contribution in [-0.4, -0.2) is 56.3 Å². The van der Waals surface area contributed by atoms with E-state index in [2.05, 4.69) is 32.2 Å². The Bertz CT molecular complexity index is 868. The van der Waals surface area contributed by atoms with Crippen molar-refractivity contribution in [2.45, 2.75) is 57.7 Å². The van der Waals surface area contributed by atoms with Gasteiger partial charge in [-0.05, 0) is 37.3 Å². The zero-order chi connectivity index (χ0) is 20.4. The molecule has 0 aliphatic carbocycles. The third kappa shape index (κ3) is 3.61. The molecule has 29 heavy (non-hydrogen) atoms. The van der Waals surface area contributed by atoms with Crippen LogP contribution < -0.4 is 10.1 Å². The Kier molecular flexibility index (Phi) is 5.54. The van der Waals surface area contributed by atoms with Crippen molar-refractivity contribution in [3.8, 4) is 5.88 Å². The van der Waals surface area contributed by atoms with Gasteiger partial charge in [-0.1, -0.05) is 6.92 Å². The lowest BCUT2D eigenvalue weighted by molar-refractivity contribution is -0.133. The molecule has 0 radical (unpaired) electrons. The first kappa shape index (κ1) is 19.8. The number of carbonyl (C=O) groups excluding carboxylic acids is 1. The molecule has 2 aromatic rings. The summed E-state index contributed by atoms with van der Waals surface area (Å²) in [5.41, 5.74) is 0.878. The third-order valence-corrected chi connectivity index (χ3v) is 6.78. The number of hydrogen-bond donors (Lipinski definition) is 1. The van der Waals surface area contributed by atoms with Crippen LogP contribution in [0, 0.1) is 5.41 Å². The Morgan fingerprint density at radius 1 is 1.38 bits per heavy atom. The van der Waals surface area contributed by atoms with Gasteiger partial charge in [0.05, 0.1) is 12.5 Å². The maximum Gasteiger partial charge on any atom is 0.227 e. The Hall–Kier alpha value is -2.48. The Morgan fingerprint density at radius 2 is 2.24 bits per heavy atom. The topological polar surface area (TPSA) is 85.2 Å². The number of amides is 1. The summed E-state index contributed by atoms with van der Waals surface area (Å²) < 4.78 is 7.02. The highest BCUT2D eigenvalue weighted by Crippen LogP contribution is 2.52. The van der Waals surface area contributed by atoms with Crippen LogP contribution in [0.2, 0.25) is 0 Å². The van der Waals surface area contributed by atoms with Crippen LogP contribution >= 0.6 is 0 Å². The number of rotatable bonds is 8. The second-order valence-corrected chi connectivity index (χ2v) is 8.15. The van der Waals surface area contributed by atoms with Gasteiger partial charge in [-0.3, -0.25) is 14.4 Å². The molecule has 8 nitrogen and oxygen atoms in total. The van der Waals surface area contributed by atoms with E-state index in [1.54, 1.807) is 24.3 Å². The minimum absolute atomic E-state index is 0.187. The van der Waals surface area contributed by atoms with Crippen LogP contribution in [0.4, 0.5) is 0 Å². The average molecular weight is 399 g/mol. The molecule has 2 aromatic heterocycles. The number of methoxy groups -OCH3 is 1. The molecule has 2 saturated heterocycles. The number of hydrogen-bond acceptors (Lipinski definition) is 6. The van der Waals surface area contributed by atoms with Crippen LogP contribution in [0.25, 0.3) is 0 Å². The van der Waals surface area contributed by atoms with Gasteiger partial charge in [-0.15, -0.1) is 0 Å². The molecule has 8 heteroatoms. The molecule has 2 aliphatic rings. The van der Waals surface area contributed by atoms with Crippen LogP contribution in [0.3, 0.4) is 0 Å². The number of aromatic nitrogens is 4. The number of aryl methyl sites for hydroxylation is 1. The summed E-state index contributed by atoms with van der Waals surface area (Å²) in [6.07, 6.45) is 8.08. The molecule has 0 spiro atoms. The first-order valence-electron chi connectivity index (χ1n) is 10.4. The van der Waals surface area contributed by atoms with E-state index in [4.69, 9.17) is 4.74 Å². The summed E-state index contributed by atoms with van der Waals surface area (Å²) in [5.74, 6) is 1.71. The molecule has 2 fully saturated rings. The summed E-state index contributed by atoms with van der Waals surface area (Å²) in [5, 5.41) is 7.28. The maximum atomic E-state index is 13.3. The Morgan fingerprint density at radius 3 is 2.97 bits per heavy atom. The predicted octanol–water partition coefficient (Wildman–Crippen LogP) is 1.71. The fraction of sp³-hybridized carbons (Fsp3) is 0.619. The SMILES string of the molecule is CC[C@@]1(C(=O)NCCc2ncnn2C)C[C@@H]2CC[C@H]1N2Cc1ccnc(OC)c1. The zero-order valence-electron chi connectivity index (χ0n) is 17.5. The molecular weight excluding hydrogens is 368 g/mol. The van der Waals surface area contributed by atoms with E-state index < -0.39 is 0 Å². The molecule has 4 heterocycles. The molecule has 2 aliphatic heterocycles. The minimum Gasteiger partial charge on any atom is -0.481 e. The van der Waals surface area contributed by atoms with E-state index in [0.717, 1.165) is 31.6 Å². The van der Waals surface area contributed by atoms with Crippen molar-refractivity contribution in [3.63, 3.8) is 0 Å². The fourth-order valence-electron chi connectivity index (χ4n) is 5.21. The number of carbonyl (C=O) groups is 1. The number of nitrogens with zero attached hydrogens (tertiary/aromatic N) is 5.